The van der Waals surface area contributed by atoms with Crippen LogP contribution in [0.4, 0.5) is 0 Å². The summed E-state index contributed by atoms with van der Waals surface area (Å²) >= 11 is 7.63. The van der Waals surface area contributed by atoms with E-state index in [1.165, 1.54) is 10.4 Å². The van der Waals surface area contributed by atoms with E-state index in [0.717, 1.165) is 30.3 Å². The van der Waals surface area contributed by atoms with Gasteiger partial charge in [-0.3, -0.25) is 0 Å². The minimum atomic E-state index is 0.942. The molecular weight excluding hydrogens is 178 g/mol. The Hall–Kier alpha value is -0.0500. The summed E-state index contributed by atoms with van der Waals surface area (Å²) in [6, 6.07) is 2.11. The van der Waals surface area contributed by atoms with E-state index < -0.39 is 0 Å². The second-order valence-corrected chi connectivity index (χ2v) is 4.52. The van der Waals surface area contributed by atoms with E-state index in [-0.39, 0.29) is 0 Å². The summed E-state index contributed by atoms with van der Waals surface area (Å²) in [4.78, 5) is 1.47. The lowest BCUT2D eigenvalue weighted by Gasteiger charge is -1.93. The minimum absolute atomic E-state index is 0.942. The first-order valence-electron chi connectivity index (χ1n) is 3.84. The second-order valence-electron chi connectivity index (χ2n) is 2.75. The maximum Gasteiger partial charge on any atom is 0.0934 e. The van der Waals surface area contributed by atoms with Crippen LogP contribution in [0.3, 0.4) is 0 Å². The van der Waals surface area contributed by atoms with E-state index in [1.807, 2.05) is 0 Å². The van der Waals surface area contributed by atoms with E-state index in [0.29, 0.717) is 0 Å². The molecule has 1 aromatic rings. The second kappa shape index (κ2) is 3.13. The van der Waals surface area contributed by atoms with Crippen molar-refractivity contribution in [1.82, 2.24) is 5.32 Å². The van der Waals surface area contributed by atoms with Crippen LogP contribution < -0.4 is 5.32 Å². The number of halogens is 1. The largest absolute Gasteiger partial charge is 0.316 e. The molecule has 0 amide bonds. The molecular formula is C8H10ClNS. The molecule has 0 fully saturated rings. The fourth-order valence-corrected chi connectivity index (χ4v) is 2.75. The van der Waals surface area contributed by atoms with Gasteiger partial charge in [-0.05, 0) is 37.6 Å². The standard InChI is InChI=1S/C8H10ClNS/c9-8-5-6-1-3-10-4-2-7(6)11-8/h5,10H,1-4H2. The van der Waals surface area contributed by atoms with Crippen molar-refractivity contribution in [2.45, 2.75) is 12.8 Å². The van der Waals surface area contributed by atoms with Crippen molar-refractivity contribution in [2.24, 2.45) is 0 Å². The molecule has 1 N–H and O–H groups in total. The van der Waals surface area contributed by atoms with Crippen LogP contribution in [0.2, 0.25) is 4.34 Å². The lowest BCUT2D eigenvalue weighted by Crippen LogP contribution is -2.16. The predicted molar refractivity (Wildman–Crippen MR) is 49.6 cm³/mol. The third-order valence-electron chi connectivity index (χ3n) is 1.97. The Morgan fingerprint density at radius 1 is 1.36 bits per heavy atom. The Morgan fingerprint density at radius 3 is 3.09 bits per heavy atom. The van der Waals surface area contributed by atoms with Gasteiger partial charge in [-0.25, -0.2) is 0 Å². The van der Waals surface area contributed by atoms with Crippen LogP contribution in [-0.4, -0.2) is 13.1 Å². The van der Waals surface area contributed by atoms with Gasteiger partial charge >= 0.3 is 0 Å². The van der Waals surface area contributed by atoms with Crippen LogP contribution in [0.15, 0.2) is 6.07 Å². The molecule has 0 aromatic carbocycles. The first kappa shape index (κ1) is 7.59. The van der Waals surface area contributed by atoms with Gasteiger partial charge in [0.2, 0.25) is 0 Å². The third-order valence-corrected chi connectivity index (χ3v) is 3.33. The van der Waals surface area contributed by atoms with Gasteiger partial charge in [0.05, 0.1) is 4.34 Å². The maximum atomic E-state index is 5.90. The molecule has 0 radical (unpaired) electrons. The summed E-state index contributed by atoms with van der Waals surface area (Å²) in [6.07, 6.45) is 2.28. The van der Waals surface area contributed by atoms with Crippen LogP contribution in [0.5, 0.6) is 0 Å². The molecule has 0 unspecified atom stereocenters. The Morgan fingerprint density at radius 2 is 2.18 bits per heavy atom. The summed E-state index contributed by atoms with van der Waals surface area (Å²) in [5.74, 6) is 0. The van der Waals surface area contributed by atoms with E-state index in [4.69, 9.17) is 11.6 Å². The molecule has 11 heavy (non-hydrogen) atoms. The summed E-state index contributed by atoms with van der Waals surface area (Å²) < 4.78 is 0.942. The average Bonchev–Trinajstić information content (AvgIpc) is 2.17. The van der Waals surface area contributed by atoms with Gasteiger partial charge in [-0.15, -0.1) is 11.3 Å². The van der Waals surface area contributed by atoms with Gasteiger partial charge in [-0.2, -0.15) is 0 Å². The van der Waals surface area contributed by atoms with Crippen molar-refractivity contribution in [3.8, 4) is 0 Å². The lowest BCUT2D eigenvalue weighted by molar-refractivity contribution is 0.712. The summed E-state index contributed by atoms with van der Waals surface area (Å²) in [6.45, 7) is 2.20. The maximum absolute atomic E-state index is 5.90. The number of thiophene rings is 1. The fraction of sp³-hybridized carbons (Fsp3) is 0.500. The molecule has 1 aliphatic rings. The molecule has 0 bridgehead atoms. The Bertz CT molecular complexity index is 233. The molecule has 0 aliphatic carbocycles. The number of hydrogen-bond donors (Lipinski definition) is 1. The lowest BCUT2D eigenvalue weighted by atomic mass is 10.2. The molecule has 0 atom stereocenters. The number of fused-ring (bicyclic) bond motifs is 1. The van der Waals surface area contributed by atoms with Crippen LogP contribution in [0.25, 0.3) is 0 Å². The highest BCUT2D eigenvalue weighted by molar-refractivity contribution is 7.16. The van der Waals surface area contributed by atoms with Crippen LogP contribution in [-0.2, 0) is 12.8 Å². The van der Waals surface area contributed by atoms with Crippen LogP contribution >= 0.6 is 22.9 Å². The molecule has 0 spiro atoms. The summed E-state index contributed by atoms with van der Waals surface area (Å²) in [7, 11) is 0. The van der Waals surface area contributed by atoms with Crippen molar-refractivity contribution in [1.29, 1.82) is 0 Å². The van der Waals surface area contributed by atoms with E-state index in [9.17, 15) is 0 Å². The van der Waals surface area contributed by atoms with Gasteiger partial charge in [0.1, 0.15) is 0 Å². The third kappa shape index (κ3) is 1.58. The van der Waals surface area contributed by atoms with Crippen molar-refractivity contribution < 1.29 is 0 Å². The van der Waals surface area contributed by atoms with Crippen LogP contribution in [0.1, 0.15) is 10.4 Å². The zero-order chi connectivity index (χ0) is 7.68. The Kier molecular flexibility index (Phi) is 2.16. The van der Waals surface area contributed by atoms with E-state index >= 15 is 0 Å². The van der Waals surface area contributed by atoms with E-state index in [1.54, 1.807) is 11.3 Å². The highest BCUT2D eigenvalue weighted by atomic mass is 35.5. The van der Waals surface area contributed by atoms with E-state index in [2.05, 4.69) is 11.4 Å². The van der Waals surface area contributed by atoms with Crippen molar-refractivity contribution in [3.63, 3.8) is 0 Å². The predicted octanol–water partition coefficient (Wildman–Crippen LogP) is 2.09. The molecule has 0 saturated heterocycles. The normalized spacial score (nSPS) is 17.5. The molecule has 60 valence electrons. The number of nitrogens with one attached hydrogen (secondary N) is 1. The number of rotatable bonds is 0. The van der Waals surface area contributed by atoms with Crippen molar-refractivity contribution >= 4 is 22.9 Å². The molecule has 0 saturated carbocycles. The van der Waals surface area contributed by atoms with Gasteiger partial charge in [-0.1, -0.05) is 11.6 Å². The summed E-state index contributed by atoms with van der Waals surface area (Å²) in [5, 5.41) is 3.36. The van der Waals surface area contributed by atoms with Gasteiger partial charge in [0, 0.05) is 4.88 Å². The first-order chi connectivity index (χ1) is 5.36. The van der Waals surface area contributed by atoms with Crippen LogP contribution in [0, 0.1) is 0 Å². The van der Waals surface area contributed by atoms with Gasteiger partial charge in [0.15, 0.2) is 0 Å². The highest BCUT2D eigenvalue weighted by Gasteiger charge is 2.10. The zero-order valence-electron chi connectivity index (χ0n) is 6.19. The van der Waals surface area contributed by atoms with Crippen molar-refractivity contribution in [3.05, 3.63) is 20.8 Å². The topological polar surface area (TPSA) is 12.0 Å². The quantitative estimate of drug-likeness (QED) is 0.656. The molecule has 1 aromatic heterocycles. The van der Waals surface area contributed by atoms with Gasteiger partial charge < -0.3 is 5.32 Å². The highest BCUT2D eigenvalue weighted by Crippen LogP contribution is 2.28. The monoisotopic (exact) mass is 187 g/mol. The van der Waals surface area contributed by atoms with Gasteiger partial charge in [0.25, 0.3) is 0 Å². The molecule has 3 heteroatoms. The molecule has 2 rings (SSSR count). The Balaban J connectivity index is 2.32. The smallest absolute Gasteiger partial charge is 0.0934 e. The Labute approximate surface area is 75.4 Å². The number of hydrogen-bond acceptors (Lipinski definition) is 2. The van der Waals surface area contributed by atoms with Crippen molar-refractivity contribution in [2.75, 3.05) is 13.1 Å². The zero-order valence-corrected chi connectivity index (χ0v) is 7.76. The summed E-state index contributed by atoms with van der Waals surface area (Å²) in [5.41, 5.74) is 1.45. The SMILES string of the molecule is Clc1cc2c(s1)CCNCC2. The first-order valence-corrected chi connectivity index (χ1v) is 5.03. The molecule has 1 nitrogen and oxygen atoms in total. The minimum Gasteiger partial charge on any atom is -0.316 e. The molecule has 2 heterocycles. The fourth-order valence-electron chi connectivity index (χ4n) is 1.40. The average molecular weight is 188 g/mol. The molecule has 1 aliphatic heterocycles.